The molecule has 3 aliphatic rings. The molecule has 1 aliphatic carbocycles. The van der Waals surface area contributed by atoms with E-state index >= 15 is 0 Å². The molecule has 2 aliphatic heterocycles. The van der Waals surface area contributed by atoms with Crippen molar-refractivity contribution in [1.29, 1.82) is 0 Å². The minimum absolute atomic E-state index is 0.00532. The SMILES string of the molecule is CC(C)(C)C1CCC(C2(C)NC3=C(NC2=O)NC(N)NC3N)CC1. The first-order chi connectivity index (χ1) is 11.1. The number of hydrogen-bond acceptors (Lipinski definition) is 6. The molecule has 3 rings (SSSR count). The summed E-state index contributed by atoms with van der Waals surface area (Å²) in [5.74, 6) is 1.61. The van der Waals surface area contributed by atoms with E-state index in [1.807, 2.05) is 6.92 Å². The zero-order chi connectivity index (χ0) is 17.7. The summed E-state index contributed by atoms with van der Waals surface area (Å²) in [5, 5.41) is 12.5. The Hall–Kier alpha value is -1.31. The van der Waals surface area contributed by atoms with Gasteiger partial charge in [0.2, 0.25) is 0 Å². The number of hydrogen-bond donors (Lipinski definition) is 6. The minimum atomic E-state index is -0.635. The summed E-state index contributed by atoms with van der Waals surface area (Å²) in [5.41, 5.74) is 12.5. The van der Waals surface area contributed by atoms with Crippen molar-refractivity contribution >= 4 is 5.91 Å². The number of nitrogens with two attached hydrogens (primary N) is 2. The standard InChI is InChI=1S/C17H32N6O/c1-16(2,3)9-5-7-10(8-6-9)17(4)14(24)21-13-11(23-17)12(18)20-15(19)22-13/h9-10,12,15,20,22-23H,5-8,18-19H2,1-4H3,(H,21,24). The van der Waals surface area contributed by atoms with Crippen LogP contribution in [0.4, 0.5) is 0 Å². The molecule has 0 aromatic rings. The van der Waals surface area contributed by atoms with Gasteiger partial charge in [-0.2, -0.15) is 0 Å². The fraction of sp³-hybridized carbons (Fsp3) is 0.824. The van der Waals surface area contributed by atoms with E-state index in [1.165, 1.54) is 0 Å². The number of nitrogens with one attached hydrogen (secondary N) is 4. The maximum absolute atomic E-state index is 12.8. The summed E-state index contributed by atoms with van der Waals surface area (Å²) in [6.07, 6.45) is 3.55. The van der Waals surface area contributed by atoms with Crippen LogP contribution in [-0.4, -0.2) is 23.9 Å². The number of carbonyl (C=O) groups is 1. The van der Waals surface area contributed by atoms with Gasteiger partial charge in [-0.15, -0.1) is 0 Å². The van der Waals surface area contributed by atoms with Gasteiger partial charge < -0.3 is 21.7 Å². The first-order valence-electron chi connectivity index (χ1n) is 8.99. The predicted molar refractivity (Wildman–Crippen MR) is 93.8 cm³/mol. The summed E-state index contributed by atoms with van der Waals surface area (Å²) in [6, 6.07) is 0. The lowest BCUT2D eigenvalue weighted by molar-refractivity contribution is -0.130. The molecule has 1 amide bonds. The fourth-order valence-corrected chi connectivity index (χ4v) is 4.36. The molecule has 0 bridgehead atoms. The van der Waals surface area contributed by atoms with Crippen molar-refractivity contribution in [1.82, 2.24) is 21.3 Å². The average molecular weight is 336 g/mol. The lowest BCUT2D eigenvalue weighted by Crippen LogP contribution is -2.72. The van der Waals surface area contributed by atoms with Crippen LogP contribution >= 0.6 is 0 Å². The van der Waals surface area contributed by atoms with Gasteiger partial charge in [0.1, 0.15) is 23.8 Å². The number of carbonyl (C=O) groups excluding carboxylic acids is 1. The number of amides is 1. The van der Waals surface area contributed by atoms with Gasteiger partial charge in [0.05, 0.1) is 5.70 Å². The Morgan fingerprint density at radius 2 is 1.75 bits per heavy atom. The Bertz CT molecular complexity index is 546. The Balaban J connectivity index is 1.76. The molecule has 1 fully saturated rings. The quantitative estimate of drug-likeness (QED) is 0.407. The Labute approximate surface area is 144 Å². The monoisotopic (exact) mass is 336 g/mol. The highest BCUT2D eigenvalue weighted by Gasteiger charge is 2.48. The third-order valence-corrected chi connectivity index (χ3v) is 6.11. The summed E-state index contributed by atoms with van der Waals surface area (Å²) in [7, 11) is 0. The smallest absolute Gasteiger partial charge is 0.251 e. The van der Waals surface area contributed by atoms with Crippen molar-refractivity contribution in [3.05, 3.63) is 11.5 Å². The van der Waals surface area contributed by atoms with Gasteiger partial charge in [-0.1, -0.05) is 20.8 Å². The fourth-order valence-electron chi connectivity index (χ4n) is 4.36. The van der Waals surface area contributed by atoms with Crippen LogP contribution in [0.25, 0.3) is 0 Å². The zero-order valence-electron chi connectivity index (χ0n) is 15.2. The van der Waals surface area contributed by atoms with E-state index in [0.717, 1.165) is 37.3 Å². The van der Waals surface area contributed by atoms with Crippen molar-refractivity contribution in [2.24, 2.45) is 28.7 Å². The topological polar surface area (TPSA) is 117 Å². The van der Waals surface area contributed by atoms with Crippen molar-refractivity contribution in [2.45, 2.75) is 71.4 Å². The van der Waals surface area contributed by atoms with Gasteiger partial charge in [-0.05, 0) is 49.9 Å². The van der Waals surface area contributed by atoms with Gasteiger partial charge in [0.25, 0.3) is 5.91 Å². The van der Waals surface area contributed by atoms with Crippen molar-refractivity contribution < 1.29 is 4.79 Å². The van der Waals surface area contributed by atoms with Crippen LogP contribution in [0.15, 0.2) is 11.5 Å². The Morgan fingerprint density at radius 3 is 2.33 bits per heavy atom. The highest BCUT2D eigenvalue weighted by molar-refractivity contribution is 5.89. The Kier molecular flexibility index (Phi) is 4.30. The second-order valence-electron chi connectivity index (χ2n) is 8.75. The van der Waals surface area contributed by atoms with Gasteiger partial charge in [0, 0.05) is 0 Å². The van der Waals surface area contributed by atoms with Crippen molar-refractivity contribution in [3.8, 4) is 0 Å². The highest BCUT2D eigenvalue weighted by atomic mass is 16.2. The second kappa shape index (κ2) is 5.89. The van der Waals surface area contributed by atoms with Gasteiger partial charge in [-0.3, -0.25) is 15.8 Å². The van der Waals surface area contributed by atoms with Gasteiger partial charge in [-0.25, -0.2) is 0 Å². The Morgan fingerprint density at radius 1 is 1.12 bits per heavy atom. The molecule has 0 spiro atoms. The van der Waals surface area contributed by atoms with Crippen LogP contribution in [-0.2, 0) is 4.79 Å². The maximum atomic E-state index is 12.8. The van der Waals surface area contributed by atoms with Crippen molar-refractivity contribution in [2.75, 3.05) is 0 Å². The first kappa shape index (κ1) is 17.5. The van der Waals surface area contributed by atoms with E-state index in [1.54, 1.807) is 0 Å². The van der Waals surface area contributed by atoms with Crippen LogP contribution < -0.4 is 32.7 Å². The summed E-state index contributed by atoms with van der Waals surface area (Å²) in [4.78, 5) is 12.8. The molecule has 0 saturated heterocycles. The minimum Gasteiger partial charge on any atom is -0.369 e. The molecule has 1 saturated carbocycles. The molecular formula is C17H32N6O. The third-order valence-electron chi connectivity index (χ3n) is 6.11. The van der Waals surface area contributed by atoms with E-state index in [9.17, 15) is 4.79 Å². The normalized spacial score (nSPS) is 40.3. The molecule has 8 N–H and O–H groups in total. The van der Waals surface area contributed by atoms with E-state index in [4.69, 9.17) is 11.5 Å². The van der Waals surface area contributed by atoms with E-state index in [2.05, 4.69) is 42.0 Å². The van der Waals surface area contributed by atoms with E-state index in [0.29, 0.717) is 17.2 Å². The molecule has 24 heavy (non-hydrogen) atoms. The number of rotatable bonds is 1. The molecule has 136 valence electrons. The lowest BCUT2D eigenvalue weighted by atomic mass is 9.65. The largest absolute Gasteiger partial charge is 0.369 e. The molecule has 7 heteroatoms. The van der Waals surface area contributed by atoms with Crippen LogP contribution in [0, 0.1) is 17.3 Å². The molecule has 0 aromatic heterocycles. The summed E-state index contributed by atoms with van der Waals surface area (Å²) in [6.45, 7) is 8.92. The molecular weight excluding hydrogens is 304 g/mol. The lowest BCUT2D eigenvalue weighted by Gasteiger charge is -2.48. The first-order valence-corrected chi connectivity index (χ1v) is 8.99. The van der Waals surface area contributed by atoms with Gasteiger partial charge >= 0.3 is 0 Å². The highest BCUT2D eigenvalue weighted by Crippen LogP contribution is 2.43. The third kappa shape index (κ3) is 3.00. The van der Waals surface area contributed by atoms with E-state index < -0.39 is 18.0 Å². The van der Waals surface area contributed by atoms with Crippen LogP contribution in [0.1, 0.15) is 53.4 Å². The van der Waals surface area contributed by atoms with Crippen molar-refractivity contribution in [3.63, 3.8) is 0 Å². The molecule has 0 aromatic carbocycles. The summed E-state index contributed by atoms with van der Waals surface area (Å²) < 4.78 is 0. The molecule has 3 atom stereocenters. The van der Waals surface area contributed by atoms with Gasteiger partial charge in [0.15, 0.2) is 0 Å². The van der Waals surface area contributed by atoms with Crippen LogP contribution in [0.3, 0.4) is 0 Å². The predicted octanol–water partition coefficient (Wildman–Crippen LogP) is 0.206. The average Bonchev–Trinajstić information content (AvgIpc) is 2.49. The molecule has 3 unspecified atom stereocenters. The zero-order valence-corrected chi connectivity index (χ0v) is 15.2. The molecule has 0 radical (unpaired) electrons. The molecule has 2 heterocycles. The van der Waals surface area contributed by atoms with E-state index in [-0.39, 0.29) is 5.91 Å². The molecule has 7 nitrogen and oxygen atoms in total. The summed E-state index contributed by atoms with van der Waals surface area (Å²) >= 11 is 0. The van der Waals surface area contributed by atoms with Crippen LogP contribution in [0.2, 0.25) is 0 Å². The maximum Gasteiger partial charge on any atom is 0.251 e. The second-order valence-corrected chi connectivity index (χ2v) is 8.75. The van der Waals surface area contributed by atoms with Crippen LogP contribution in [0.5, 0.6) is 0 Å².